The van der Waals surface area contributed by atoms with E-state index in [0.717, 1.165) is 10.0 Å². The summed E-state index contributed by atoms with van der Waals surface area (Å²) in [6, 6.07) is 7.79. The summed E-state index contributed by atoms with van der Waals surface area (Å²) in [6.45, 7) is 0. The molecule has 0 saturated carbocycles. The molecule has 2 rings (SSSR count). The highest BCUT2D eigenvalue weighted by Gasteiger charge is 2.07. The second-order valence-electron chi connectivity index (χ2n) is 2.45. The molecule has 66 valence electrons. The van der Waals surface area contributed by atoms with E-state index in [1.165, 1.54) is 0 Å². The molecule has 2 aromatic rings. The van der Waals surface area contributed by atoms with Crippen LogP contribution in [0.5, 0.6) is 0 Å². The van der Waals surface area contributed by atoms with Gasteiger partial charge in [0.15, 0.2) is 4.67 Å². The Morgan fingerprint density at radius 3 is 2.54 bits per heavy atom. The van der Waals surface area contributed by atoms with Crippen LogP contribution in [0, 0.1) is 0 Å². The predicted octanol–water partition coefficient (Wildman–Crippen LogP) is 3.87. The van der Waals surface area contributed by atoms with Crippen molar-refractivity contribution >= 4 is 31.9 Å². The Morgan fingerprint density at radius 2 is 1.92 bits per heavy atom. The maximum Gasteiger partial charge on any atom is 0.228 e. The van der Waals surface area contributed by atoms with Crippen molar-refractivity contribution in [3.63, 3.8) is 0 Å². The number of oxazole rings is 1. The van der Waals surface area contributed by atoms with Gasteiger partial charge in [-0.15, -0.1) is 0 Å². The molecule has 1 aromatic heterocycles. The van der Waals surface area contributed by atoms with Crippen molar-refractivity contribution < 1.29 is 4.42 Å². The Kier molecular flexibility index (Phi) is 2.51. The van der Waals surface area contributed by atoms with Crippen LogP contribution in [0.25, 0.3) is 11.5 Å². The minimum atomic E-state index is 0.611. The van der Waals surface area contributed by atoms with E-state index in [4.69, 9.17) is 4.42 Å². The molecule has 0 bridgehead atoms. The summed E-state index contributed by atoms with van der Waals surface area (Å²) in [4.78, 5) is 4.10. The number of aromatic nitrogens is 1. The highest BCUT2D eigenvalue weighted by molar-refractivity contribution is 9.10. The molecular formula is C9H5Br2NO. The van der Waals surface area contributed by atoms with E-state index in [2.05, 4.69) is 36.8 Å². The summed E-state index contributed by atoms with van der Waals surface area (Å²) >= 11 is 6.64. The first-order valence-corrected chi connectivity index (χ1v) is 5.22. The third-order valence-electron chi connectivity index (χ3n) is 1.58. The van der Waals surface area contributed by atoms with Crippen LogP contribution in [0.1, 0.15) is 0 Å². The van der Waals surface area contributed by atoms with Crippen molar-refractivity contribution in [2.75, 3.05) is 0 Å². The van der Waals surface area contributed by atoms with Gasteiger partial charge in [0, 0.05) is 4.47 Å². The van der Waals surface area contributed by atoms with Crippen LogP contribution in [0.2, 0.25) is 0 Å². The Bertz CT molecular complexity index is 425. The molecule has 13 heavy (non-hydrogen) atoms. The van der Waals surface area contributed by atoms with E-state index < -0.39 is 0 Å². The molecule has 1 aromatic carbocycles. The topological polar surface area (TPSA) is 26.0 Å². The maximum atomic E-state index is 5.33. The Morgan fingerprint density at radius 1 is 1.15 bits per heavy atom. The lowest BCUT2D eigenvalue weighted by molar-refractivity contribution is 0.549. The van der Waals surface area contributed by atoms with Crippen molar-refractivity contribution in [3.8, 4) is 11.5 Å². The molecule has 0 unspecified atom stereocenters. The smallest absolute Gasteiger partial charge is 0.228 e. The zero-order chi connectivity index (χ0) is 9.26. The number of halogens is 2. The SMILES string of the molecule is Brc1cnc(-c2ccccc2Br)o1. The lowest BCUT2D eigenvalue weighted by Gasteiger charge is -1.97. The van der Waals surface area contributed by atoms with Gasteiger partial charge >= 0.3 is 0 Å². The van der Waals surface area contributed by atoms with E-state index in [0.29, 0.717) is 10.6 Å². The number of hydrogen-bond acceptors (Lipinski definition) is 2. The average Bonchev–Trinajstić information content (AvgIpc) is 2.53. The second kappa shape index (κ2) is 3.64. The zero-order valence-electron chi connectivity index (χ0n) is 6.50. The lowest BCUT2D eigenvalue weighted by atomic mass is 10.2. The summed E-state index contributed by atoms with van der Waals surface area (Å²) in [6.07, 6.45) is 1.63. The van der Waals surface area contributed by atoms with Gasteiger partial charge in [0.25, 0.3) is 0 Å². The monoisotopic (exact) mass is 301 g/mol. The van der Waals surface area contributed by atoms with Crippen LogP contribution in [0.15, 0.2) is 44.0 Å². The van der Waals surface area contributed by atoms with Crippen LogP contribution >= 0.6 is 31.9 Å². The third-order valence-corrected chi connectivity index (χ3v) is 2.64. The molecule has 2 nitrogen and oxygen atoms in total. The highest BCUT2D eigenvalue weighted by atomic mass is 79.9. The number of benzene rings is 1. The maximum absolute atomic E-state index is 5.33. The van der Waals surface area contributed by atoms with Gasteiger partial charge in [-0.3, -0.25) is 0 Å². The van der Waals surface area contributed by atoms with Crippen molar-refractivity contribution in [2.45, 2.75) is 0 Å². The van der Waals surface area contributed by atoms with Gasteiger partial charge in [-0.2, -0.15) is 0 Å². The molecule has 0 saturated heterocycles. The van der Waals surface area contributed by atoms with Crippen molar-refractivity contribution in [3.05, 3.63) is 39.6 Å². The fraction of sp³-hybridized carbons (Fsp3) is 0. The molecule has 0 fully saturated rings. The predicted molar refractivity (Wildman–Crippen MR) is 57.3 cm³/mol. The number of nitrogens with zero attached hydrogens (tertiary/aromatic N) is 1. The quantitative estimate of drug-likeness (QED) is 0.799. The molecule has 0 radical (unpaired) electrons. The fourth-order valence-corrected chi connectivity index (χ4v) is 1.72. The number of hydrogen-bond donors (Lipinski definition) is 0. The minimum absolute atomic E-state index is 0.611. The fourth-order valence-electron chi connectivity index (χ4n) is 1.01. The lowest BCUT2D eigenvalue weighted by Crippen LogP contribution is -1.77. The molecule has 1 heterocycles. The summed E-state index contributed by atoms with van der Waals surface area (Å²) in [5.74, 6) is 0.611. The molecule has 0 N–H and O–H groups in total. The Balaban J connectivity index is 2.52. The molecule has 0 spiro atoms. The highest BCUT2D eigenvalue weighted by Crippen LogP contribution is 2.28. The third kappa shape index (κ3) is 1.84. The van der Waals surface area contributed by atoms with Gasteiger partial charge in [0.05, 0.1) is 11.8 Å². The molecule has 0 atom stereocenters. The van der Waals surface area contributed by atoms with E-state index in [1.807, 2.05) is 24.3 Å². The largest absolute Gasteiger partial charge is 0.429 e. The van der Waals surface area contributed by atoms with E-state index >= 15 is 0 Å². The van der Waals surface area contributed by atoms with E-state index in [9.17, 15) is 0 Å². The molecule has 0 aliphatic rings. The van der Waals surface area contributed by atoms with Gasteiger partial charge in [0.1, 0.15) is 0 Å². The van der Waals surface area contributed by atoms with Crippen molar-refractivity contribution in [1.82, 2.24) is 4.98 Å². The molecule has 0 amide bonds. The van der Waals surface area contributed by atoms with Gasteiger partial charge < -0.3 is 4.42 Å². The molecule has 4 heteroatoms. The first-order valence-electron chi connectivity index (χ1n) is 3.63. The average molecular weight is 303 g/mol. The van der Waals surface area contributed by atoms with Gasteiger partial charge in [0.2, 0.25) is 5.89 Å². The Labute approximate surface area is 92.2 Å². The van der Waals surface area contributed by atoms with Crippen molar-refractivity contribution in [2.24, 2.45) is 0 Å². The molecule has 0 aliphatic carbocycles. The first kappa shape index (κ1) is 8.97. The zero-order valence-corrected chi connectivity index (χ0v) is 9.67. The molecule has 0 aliphatic heterocycles. The first-order chi connectivity index (χ1) is 6.27. The van der Waals surface area contributed by atoms with E-state index in [-0.39, 0.29) is 0 Å². The van der Waals surface area contributed by atoms with Crippen LogP contribution in [-0.2, 0) is 0 Å². The van der Waals surface area contributed by atoms with Gasteiger partial charge in [-0.05, 0) is 44.0 Å². The van der Waals surface area contributed by atoms with E-state index in [1.54, 1.807) is 6.20 Å². The van der Waals surface area contributed by atoms with Gasteiger partial charge in [-0.1, -0.05) is 12.1 Å². The summed E-state index contributed by atoms with van der Waals surface area (Å²) in [7, 11) is 0. The van der Waals surface area contributed by atoms with Crippen LogP contribution in [0.3, 0.4) is 0 Å². The van der Waals surface area contributed by atoms with Crippen molar-refractivity contribution in [1.29, 1.82) is 0 Å². The van der Waals surface area contributed by atoms with Crippen LogP contribution in [-0.4, -0.2) is 4.98 Å². The summed E-state index contributed by atoms with van der Waals surface area (Å²) in [5.41, 5.74) is 0.952. The van der Waals surface area contributed by atoms with Gasteiger partial charge in [-0.25, -0.2) is 4.98 Å². The minimum Gasteiger partial charge on any atom is -0.429 e. The van der Waals surface area contributed by atoms with Crippen LogP contribution in [0.4, 0.5) is 0 Å². The summed E-state index contributed by atoms with van der Waals surface area (Å²) in [5, 5.41) is 0. The standard InChI is InChI=1S/C9H5Br2NO/c10-7-4-2-1-3-6(7)9-12-5-8(11)13-9/h1-5H. The van der Waals surface area contributed by atoms with Crippen LogP contribution < -0.4 is 0 Å². The second-order valence-corrected chi connectivity index (χ2v) is 4.09. The summed E-state index contributed by atoms with van der Waals surface area (Å²) < 4.78 is 6.94. The molecular weight excluding hydrogens is 298 g/mol. The Hall–Kier alpha value is -0.610. The normalized spacial score (nSPS) is 10.3. The number of rotatable bonds is 1.